The lowest BCUT2D eigenvalue weighted by molar-refractivity contribution is -0.136. The van der Waals surface area contributed by atoms with Gasteiger partial charge in [0, 0.05) is 38.4 Å². The van der Waals surface area contributed by atoms with Crippen LogP contribution >= 0.6 is 0 Å². The van der Waals surface area contributed by atoms with Gasteiger partial charge in [0.1, 0.15) is 0 Å². The van der Waals surface area contributed by atoms with Crippen LogP contribution in [0.15, 0.2) is 35.4 Å². The minimum atomic E-state index is -0.0691. The van der Waals surface area contributed by atoms with Gasteiger partial charge < -0.3 is 10.6 Å². The highest BCUT2D eigenvalue weighted by atomic mass is 16.2. The molecule has 3 atom stereocenters. The van der Waals surface area contributed by atoms with Gasteiger partial charge in [-0.1, -0.05) is 30.3 Å². The first kappa shape index (κ1) is 17.2. The summed E-state index contributed by atoms with van der Waals surface area (Å²) in [6.45, 7) is 2.17. The molecule has 2 fully saturated rings. The summed E-state index contributed by atoms with van der Waals surface area (Å²) in [5.74, 6) is 1.01. The molecule has 2 aliphatic heterocycles. The van der Waals surface area contributed by atoms with Gasteiger partial charge in [0.2, 0.25) is 11.8 Å². The maximum atomic E-state index is 12.5. The summed E-state index contributed by atoms with van der Waals surface area (Å²) in [5.41, 5.74) is 8.13. The van der Waals surface area contributed by atoms with Crippen molar-refractivity contribution < 1.29 is 9.59 Å². The van der Waals surface area contributed by atoms with E-state index in [-0.39, 0.29) is 30.7 Å². The van der Waals surface area contributed by atoms with Gasteiger partial charge >= 0.3 is 0 Å². The van der Waals surface area contributed by atoms with Crippen LogP contribution in [0.1, 0.15) is 37.7 Å². The molecule has 1 aromatic carbocycles. The van der Waals surface area contributed by atoms with E-state index in [4.69, 9.17) is 5.73 Å². The Morgan fingerprint density at radius 2 is 1.85 bits per heavy atom. The third-order valence-corrected chi connectivity index (χ3v) is 6.01. The van der Waals surface area contributed by atoms with Gasteiger partial charge in [-0.15, -0.1) is 0 Å². The topological polar surface area (TPSA) is 79.0 Å². The number of benzene rings is 1. The van der Waals surface area contributed by atoms with Crippen LogP contribution in [-0.2, 0) is 9.59 Å². The number of fused-ring (bicyclic) bond motifs is 1. The number of nitrogens with two attached hydrogens (primary N) is 1. The summed E-state index contributed by atoms with van der Waals surface area (Å²) in [6, 6.07) is 10.1. The second kappa shape index (κ2) is 7.19. The summed E-state index contributed by atoms with van der Waals surface area (Å²) in [6.07, 6.45) is 3.45. The summed E-state index contributed by atoms with van der Waals surface area (Å²) in [5, 5.41) is 5.97. The third kappa shape index (κ3) is 3.38. The highest BCUT2D eigenvalue weighted by Gasteiger charge is 2.42. The number of carbonyl (C=O) groups excluding carboxylic acids is 2. The number of hydrogen-bond acceptors (Lipinski definition) is 4. The molecule has 138 valence electrons. The molecular weight excluding hydrogens is 328 g/mol. The van der Waals surface area contributed by atoms with Crippen molar-refractivity contribution in [3.05, 3.63) is 35.9 Å². The lowest BCUT2D eigenvalue weighted by Crippen LogP contribution is -2.34. The molecule has 1 aromatic rings. The second-order valence-corrected chi connectivity index (χ2v) is 7.64. The molecule has 4 rings (SSSR count). The van der Waals surface area contributed by atoms with Crippen LogP contribution in [0, 0.1) is 11.8 Å². The lowest BCUT2D eigenvalue weighted by Gasteiger charge is -2.19. The Morgan fingerprint density at radius 3 is 2.62 bits per heavy atom. The fourth-order valence-corrected chi connectivity index (χ4v) is 4.48. The minimum Gasteiger partial charge on any atom is -0.342 e. The van der Waals surface area contributed by atoms with Crippen molar-refractivity contribution in [2.45, 2.75) is 38.1 Å². The smallest absolute Gasteiger partial charge is 0.243 e. The summed E-state index contributed by atoms with van der Waals surface area (Å²) < 4.78 is 0. The zero-order valence-corrected chi connectivity index (χ0v) is 15.0. The number of nitrogens with zero attached hydrogens (tertiary/aromatic N) is 3. The zero-order chi connectivity index (χ0) is 18.1. The SMILES string of the molecule is NC1CCC2CN(C(=O)CCC(=O)N3CCC(c4ccccc4)=N3)CC12. The van der Waals surface area contributed by atoms with Gasteiger partial charge in [-0.25, -0.2) is 5.01 Å². The first-order valence-electron chi connectivity index (χ1n) is 9.58. The Bertz CT molecular complexity index is 718. The molecule has 0 bridgehead atoms. The van der Waals surface area contributed by atoms with Crippen LogP contribution < -0.4 is 5.73 Å². The molecule has 2 N–H and O–H groups in total. The number of carbonyl (C=O) groups is 2. The van der Waals surface area contributed by atoms with E-state index in [9.17, 15) is 9.59 Å². The van der Waals surface area contributed by atoms with E-state index in [1.807, 2.05) is 35.2 Å². The van der Waals surface area contributed by atoms with E-state index >= 15 is 0 Å². The van der Waals surface area contributed by atoms with Crippen molar-refractivity contribution >= 4 is 17.5 Å². The maximum absolute atomic E-state index is 12.5. The van der Waals surface area contributed by atoms with Gasteiger partial charge in [0.15, 0.2) is 0 Å². The number of hydrazone groups is 1. The van der Waals surface area contributed by atoms with Crippen LogP contribution in [0.5, 0.6) is 0 Å². The molecule has 6 heteroatoms. The molecule has 1 saturated carbocycles. The predicted octanol–water partition coefficient (Wildman–Crippen LogP) is 1.60. The Kier molecular flexibility index (Phi) is 4.76. The van der Waals surface area contributed by atoms with Gasteiger partial charge in [-0.2, -0.15) is 5.10 Å². The van der Waals surface area contributed by atoms with E-state index in [1.54, 1.807) is 0 Å². The summed E-state index contributed by atoms with van der Waals surface area (Å²) in [4.78, 5) is 26.8. The van der Waals surface area contributed by atoms with Crippen LogP contribution in [0.3, 0.4) is 0 Å². The molecule has 0 spiro atoms. The molecule has 1 saturated heterocycles. The average Bonchev–Trinajstić information content (AvgIpc) is 3.38. The number of hydrogen-bond donors (Lipinski definition) is 1. The molecule has 1 aliphatic carbocycles. The molecule has 6 nitrogen and oxygen atoms in total. The van der Waals surface area contributed by atoms with Crippen molar-refractivity contribution in [1.29, 1.82) is 0 Å². The number of amides is 2. The highest BCUT2D eigenvalue weighted by Crippen LogP contribution is 2.37. The summed E-state index contributed by atoms with van der Waals surface area (Å²) >= 11 is 0. The van der Waals surface area contributed by atoms with E-state index in [2.05, 4.69) is 5.10 Å². The number of likely N-dealkylation sites (tertiary alicyclic amines) is 1. The van der Waals surface area contributed by atoms with E-state index in [0.717, 1.165) is 43.6 Å². The summed E-state index contributed by atoms with van der Waals surface area (Å²) in [7, 11) is 0. The average molecular weight is 354 g/mol. The van der Waals surface area contributed by atoms with Crippen molar-refractivity contribution in [2.24, 2.45) is 22.7 Å². The monoisotopic (exact) mass is 354 g/mol. The Hall–Kier alpha value is -2.21. The van der Waals surface area contributed by atoms with Crippen LogP contribution in [-0.4, -0.2) is 53.1 Å². The van der Waals surface area contributed by atoms with Gasteiger partial charge in [-0.3, -0.25) is 9.59 Å². The molecule has 2 heterocycles. The fourth-order valence-electron chi connectivity index (χ4n) is 4.48. The molecular formula is C20H26N4O2. The molecule has 3 aliphatic rings. The lowest BCUT2D eigenvalue weighted by atomic mass is 9.98. The molecule has 3 unspecified atom stereocenters. The van der Waals surface area contributed by atoms with Crippen molar-refractivity contribution in [2.75, 3.05) is 19.6 Å². The van der Waals surface area contributed by atoms with Gasteiger partial charge in [0.25, 0.3) is 0 Å². The molecule has 2 amide bonds. The Labute approximate surface area is 154 Å². The number of rotatable bonds is 4. The largest absolute Gasteiger partial charge is 0.342 e. The van der Waals surface area contributed by atoms with Crippen molar-refractivity contribution in [3.63, 3.8) is 0 Å². The predicted molar refractivity (Wildman–Crippen MR) is 99.3 cm³/mol. The van der Waals surface area contributed by atoms with Crippen molar-refractivity contribution in [3.8, 4) is 0 Å². The Balaban J connectivity index is 1.28. The first-order chi connectivity index (χ1) is 12.6. The Morgan fingerprint density at radius 1 is 1.08 bits per heavy atom. The minimum absolute atomic E-state index is 0.0691. The fraction of sp³-hybridized carbons (Fsp3) is 0.550. The van der Waals surface area contributed by atoms with Gasteiger partial charge in [-0.05, 0) is 30.2 Å². The zero-order valence-electron chi connectivity index (χ0n) is 15.0. The third-order valence-electron chi connectivity index (χ3n) is 6.01. The van der Waals surface area contributed by atoms with E-state index in [1.165, 1.54) is 5.01 Å². The quantitative estimate of drug-likeness (QED) is 0.892. The van der Waals surface area contributed by atoms with Crippen LogP contribution in [0.2, 0.25) is 0 Å². The van der Waals surface area contributed by atoms with Crippen molar-refractivity contribution in [1.82, 2.24) is 9.91 Å². The van der Waals surface area contributed by atoms with Crippen LogP contribution in [0.25, 0.3) is 0 Å². The first-order valence-corrected chi connectivity index (χ1v) is 9.58. The standard InChI is InChI=1S/C20H26N4O2/c21-17-7-6-15-12-23(13-16(15)17)19(25)8-9-20(26)24-11-10-18(22-24)14-4-2-1-3-5-14/h1-5,15-17H,6-13,21H2. The highest BCUT2D eigenvalue weighted by molar-refractivity contribution is 6.02. The van der Waals surface area contributed by atoms with E-state index < -0.39 is 0 Å². The normalized spacial score (nSPS) is 27.6. The second-order valence-electron chi connectivity index (χ2n) is 7.64. The van der Waals surface area contributed by atoms with Crippen LogP contribution in [0.4, 0.5) is 0 Å². The molecule has 0 aromatic heterocycles. The molecule has 26 heavy (non-hydrogen) atoms. The molecule has 0 radical (unpaired) electrons. The van der Waals surface area contributed by atoms with Gasteiger partial charge in [0.05, 0.1) is 12.3 Å². The van der Waals surface area contributed by atoms with E-state index in [0.29, 0.717) is 18.4 Å². The maximum Gasteiger partial charge on any atom is 0.243 e.